The standard InChI is InChI=1S/C7H12ClFO2S/c8-12(10,11)7(4-5-7)3-1-2-6-9/h1-6H2. The first kappa shape index (κ1) is 10.3. The predicted molar refractivity (Wildman–Crippen MR) is 46.6 cm³/mol. The third kappa shape index (κ3) is 2.10. The summed E-state index contributed by atoms with van der Waals surface area (Å²) in [6.07, 6.45) is 2.86. The summed E-state index contributed by atoms with van der Waals surface area (Å²) in [7, 11) is 1.82. The summed E-state index contributed by atoms with van der Waals surface area (Å²) < 4.78 is 33.0. The van der Waals surface area contributed by atoms with Crippen LogP contribution in [0.1, 0.15) is 32.1 Å². The predicted octanol–water partition coefficient (Wildman–Crippen LogP) is 2.23. The van der Waals surface area contributed by atoms with Gasteiger partial charge in [-0.15, -0.1) is 0 Å². The average molecular weight is 215 g/mol. The van der Waals surface area contributed by atoms with Gasteiger partial charge in [-0.3, -0.25) is 4.39 Å². The van der Waals surface area contributed by atoms with Crippen LogP contribution in [0.2, 0.25) is 0 Å². The van der Waals surface area contributed by atoms with Crippen molar-refractivity contribution in [3.05, 3.63) is 0 Å². The number of hydrogen-bond donors (Lipinski definition) is 0. The first-order valence-electron chi connectivity index (χ1n) is 4.02. The molecule has 1 rings (SSSR count). The minimum atomic E-state index is -3.42. The van der Waals surface area contributed by atoms with Gasteiger partial charge in [0, 0.05) is 10.7 Å². The molecule has 0 amide bonds. The van der Waals surface area contributed by atoms with Gasteiger partial charge in [0.2, 0.25) is 9.05 Å². The topological polar surface area (TPSA) is 34.1 Å². The van der Waals surface area contributed by atoms with Crippen molar-refractivity contribution >= 4 is 19.7 Å². The highest BCUT2D eigenvalue weighted by atomic mass is 35.7. The Morgan fingerprint density at radius 2 is 1.92 bits per heavy atom. The molecule has 0 aromatic rings. The van der Waals surface area contributed by atoms with Crippen LogP contribution in [-0.2, 0) is 9.05 Å². The van der Waals surface area contributed by atoms with Gasteiger partial charge >= 0.3 is 0 Å². The summed E-state index contributed by atoms with van der Waals surface area (Å²) in [5.74, 6) is 0. The molecule has 1 aliphatic carbocycles. The van der Waals surface area contributed by atoms with Crippen molar-refractivity contribution < 1.29 is 12.8 Å². The van der Waals surface area contributed by atoms with E-state index in [4.69, 9.17) is 10.7 Å². The number of halogens is 2. The van der Waals surface area contributed by atoms with Gasteiger partial charge in [0.1, 0.15) is 0 Å². The van der Waals surface area contributed by atoms with Crippen LogP contribution >= 0.6 is 10.7 Å². The molecule has 0 aromatic carbocycles. The molecule has 1 saturated carbocycles. The van der Waals surface area contributed by atoms with E-state index >= 15 is 0 Å². The van der Waals surface area contributed by atoms with Crippen LogP contribution in [-0.4, -0.2) is 19.8 Å². The maximum atomic E-state index is 11.7. The lowest BCUT2D eigenvalue weighted by Crippen LogP contribution is -2.17. The third-order valence-electron chi connectivity index (χ3n) is 2.34. The number of alkyl halides is 1. The minimum absolute atomic E-state index is 0.377. The molecular formula is C7H12ClFO2S. The maximum Gasteiger partial charge on any atom is 0.238 e. The normalized spacial score (nSPS) is 20.8. The van der Waals surface area contributed by atoms with E-state index in [-0.39, 0.29) is 6.67 Å². The summed E-state index contributed by atoms with van der Waals surface area (Å²) in [5.41, 5.74) is 0. The second kappa shape index (κ2) is 3.50. The molecule has 5 heteroatoms. The van der Waals surface area contributed by atoms with Crippen LogP contribution in [0.15, 0.2) is 0 Å². The lowest BCUT2D eigenvalue weighted by Gasteiger charge is -2.09. The number of rotatable bonds is 5. The van der Waals surface area contributed by atoms with E-state index in [1.807, 2.05) is 0 Å². The van der Waals surface area contributed by atoms with E-state index in [9.17, 15) is 12.8 Å². The molecular weight excluding hydrogens is 203 g/mol. The van der Waals surface area contributed by atoms with E-state index in [2.05, 4.69) is 0 Å². The largest absolute Gasteiger partial charge is 0.251 e. The Bertz CT molecular complexity index is 246. The van der Waals surface area contributed by atoms with Gasteiger partial charge in [-0.2, -0.15) is 0 Å². The highest BCUT2D eigenvalue weighted by molar-refractivity contribution is 8.15. The lowest BCUT2D eigenvalue weighted by atomic mass is 10.2. The van der Waals surface area contributed by atoms with Crippen molar-refractivity contribution in [1.82, 2.24) is 0 Å². The van der Waals surface area contributed by atoms with Gasteiger partial charge in [0.25, 0.3) is 0 Å². The van der Waals surface area contributed by atoms with Gasteiger partial charge in [0.15, 0.2) is 0 Å². The fraction of sp³-hybridized carbons (Fsp3) is 1.00. The molecule has 12 heavy (non-hydrogen) atoms. The molecule has 72 valence electrons. The Balaban J connectivity index is 2.41. The zero-order chi connectivity index (χ0) is 9.24. The second-order valence-electron chi connectivity index (χ2n) is 3.27. The van der Waals surface area contributed by atoms with Crippen LogP contribution < -0.4 is 0 Å². The van der Waals surface area contributed by atoms with Crippen molar-refractivity contribution in [3.8, 4) is 0 Å². The highest BCUT2D eigenvalue weighted by Gasteiger charge is 2.52. The van der Waals surface area contributed by atoms with Gasteiger partial charge in [-0.25, -0.2) is 8.42 Å². The van der Waals surface area contributed by atoms with E-state index < -0.39 is 13.8 Å². The maximum absolute atomic E-state index is 11.7. The van der Waals surface area contributed by atoms with Crippen molar-refractivity contribution in [2.24, 2.45) is 0 Å². The molecule has 0 spiro atoms. The van der Waals surface area contributed by atoms with E-state index in [0.29, 0.717) is 32.1 Å². The minimum Gasteiger partial charge on any atom is -0.251 e. The number of hydrogen-bond acceptors (Lipinski definition) is 2. The zero-order valence-electron chi connectivity index (χ0n) is 6.72. The van der Waals surface area contributed by atoms with Crippen molar-refractivity contribution in [1.29, 1.82) is 0 Å². The molecule has 0 saturated heterocycles. The molecule has 1 aliphatic rings. The summed E-state index contributed by atoms with van der Waals surface area (Å²) in [6, 6.07) is 0. The van der Waals surface area contributed by atoms with Crippen LogP contribution in [0.5, 0.6) is 0 Å². The monoisotopic (exact) mass is 214 g/mol. The van der Waals surface area contributed by atoms with E-state index in [0.717, 1.165) is 0 Å². The van der Waals surface area contributed by atoms with Gasteiger partial charge in [-0.05, 0) is 32.1 Å². The number of unbranched alkanes of at least 4 members (excludes halogenated alkanes) is 1. The van der Waals surface area contributed by atoms with Crippen molar-refractivity contribution in [2.45, 2.75) is 36.9 Å². The lowest BCUT2D eigenvalue weighted by molar-refractivity contribution is 0.451. The Labute approximate surface area is 76.5 Å². The van der Waals surface area contributed by atoms with Crippen LogP contribution in [0.3, 0.4) is 0 Å². The van der Waals surface area contributed by atoms with Crippen molar-refractivity contribution in [2.75, 3.05) is 6.67 Å². The molecule has 0 radical (unpaired) electrons. The van der Waals surface area contributed by atoms with Gasteiger partial charge in [0.05, 0.1) is 11.4 Å². The summed E-state index contributed by atoms with van der Waals surface area (Å²) in [5, 5.41) is 0. The average Bonchev–Trinajstić information content (AvgIpc) is 2.67. The molecule has 0 bridgehead atoms. The Morgan fingerprint density at radius 1 is 1.33 bits per heavy atom. The molecule has 0 unspecified atom stereocenters. The SMILES string of the molecule is O=S(=O)(Cl)C1(CCCCF)CC1. The third-order valence-corrected chi connectivity index (χ3v) is 4.97. The van der Waals surface area contributed by atoms with Crippen LogP contribution in [0.25, 0.3) is 0 Å². The van der Waals surface area contributed by atoms with Crippen LogP contribution in [0.4, 0.5) is 4.39 Å². The molecule has 1 fully saturated rings. The van der Waals surface area contributed by atoms with E-state index in [1.54, 1.807) is 0 Å². The van der Waals surface area contributed by atoms with Gasteiger partial charge in [-0.1, -0.05) is 0 Å². The van der Waals surface area contributed by atoms with Gasteiger partial charge < -0.3 is 0 Å². The summed E-state index contributed by atoms with van der Waals surface area (Å²) in [6.45, 7) is -0.377. The molecule has 0 N–H and O–H groups in total. The summed E-state index contributed by atoms with van der Waals surface area (Å²) >= 11 is 0. The highest BCUT2D eigenvalue weighted by Crippen LogP contribution is 2.49. The van der Waals surface area contributed by atoms with Crippen molar-refractivity contribution in [3.63, 3.8) is 0 Å². The first-order chi connectivity index (χ1) is 5.52. The first-order valence-corrected chi connectivity index (χ1v) is 6.33. The molecule has 0 aliphatic heterocycles. The molecule has 0 aromatic heterocycles. The fourth-order valence-corrected chi connectivity index (χ4v) is 2.97. The second-order valence-corrected chi connectivity index (χ2v) is 6.23. The van der Waals surface area contributed by atoms with Crippen LogP contribution in [0, 0.1) is 0 Å². The Hall–Kier alpha value is 0.170. The quantitative estimate of drug-likeness (QED) is 0.520. The molecule has 0 atom stereocenters. The zero-order valence-corrected chi connectivity index (χ0v) is 8.30. The Kier molecular flexibility index (Phi) is 2.99. The fourth-order valence-electron chi connectivity index (χ4n) is 1.30. The van der Waals surface area contributed by atoms with E-state index in [1.165, 1.54) is 0 Å². The molecule has 0 heterocycles. The smallest absolute Gasteiger partial charge is 0.238 e. The Morgan fingerprint density at radius 3 is 2.25 bits per heavy atom. The summed E-state index contributed by atoms with van der Waals surface area (Å²) in [4.78, 5) is 0. The molecule has 2 nitrogen and oxygen atoms in total.